The van der Waals surface area contributed by atoms with Crippen molar-refractivity contribution in [1.29, 1.82) is 0 Å². The highest BCUT2D eigenvalue weighted by Crippen LogP contribution is 2.25. The second kappa shape index (κ2) is 6.91. The van der Waals surface area contributed by atoms with Gasteiger partial charge in [0.15, 0.2) is 0 Å². The molecule has 1 aromatic carbocycles. The number of anilines is 1. The Hall–Kier alpha value is -1.59. The van der Waals surface area contributed by atoms with Crippen molar-refractivity contribution in [2.75, 3.05) is 11.9 Å². The van der Waals surface area contributed by atoms with E-state index in [4.69, 9.17) is 5.73 Å². The lowest BCUT2D eigenvalue weighted by atomic mass is 9.93. The summed E-state index contributed by atoms with van der Waals surface area (Å²) < 4.78 is 0. The van der Waals surface area contributed by atoms with Crippen molar-refractivity contribution in [3.05, 3.63) is 29.3 Å². The molecule has 0 aliphatic carbocycles. The zero-order chi connectivity index (χ0) is 14.8. The Morgan fingerprint density at radius 1 is 1.43 bits per heavy atom. The fourth-order valence-electron chi connectivity index (χ4n) is 2.68. The Morgan fingerprint density at radius 3 is 2.67 bits per heavy atom. The molecule has 0 bridgehead atoms. The van der Waals surface area contributed by atoms with Gasteiger partial charge in [0.25, 0.3) is 0 Å². The molecule has 0 radical (unpaired) electrons. The summed E-state index contributed by atoms with van der Waals surface area (Å²) in [6.45, 7) is 4.68. The summed E-state index contributed by atoms with van der Waals surface area (Å²) in [7, 11) is 0. The summed E-state index contributed by atoms with van der Waals surface area (Å²) >= 11 is 0. The fourth-order valence-corrected chi connectivity index (χ4v) is 2.68. The smallest absolute Gasteiger partial charge is 0.249 e. The van der Waals surface area contributed by atoms with Gasteiger partial charge in [-0.2, -0.15) is 0 Å². The van der Waals surface area contributed by atoms with Crippen LogP contribution < -0.4 is 16.4 Å². The SMILES string of the molecule is CCC1(C(=O)Nc2ccc(C)c(C(N)=O)c2)CCCN1.Cl. The zero-order valence-corrected chi connectivity index (χ0v) is 13.2. The average molecular weight is 312 g/mol. The van der Waals surface area contributed by atoms with Crippen LogP contribution in [0.4, 0.5) is 5.69 Å². The fraction of sp³-hybridized carbons (Fsp3) is 0.467. The Kier molecular flexibility index (Phi) is 5.75. The molecule has 5 nitrogen and oxygen atoms in total. The standard InChI is InChI=1S/C15H21N3O2.ClH/c1-3-15(7-4-8-17-15)14(20)18-11-6-5-10(2)12(9-11)13(16)19;/h5-6,9,17H,3-4,7-8H2,1-2H3,(H2,16,19)(H,18,20);1H. The van der Waals surface area contributed by atoms with Gasteiger partial charge >= 0.3 is 0 Å². The lowest BCUT2D eigenvalue weighted by molar-refractivity contribution is -0.122. The third-order valence-electron chi connectivity index (χ3n) is 4.04. The van der Waals surface area contributed by atoms with E-state index in [0.29, 0.717) is 11.3 Å². The van der Waals surface area contributed by atoms with Crippen molar-refractivity contribution >= 4 is 29.9 Å². The highest BCUT2D eigenvalue weighted by atomic mass is 35.5. The summed E-state index contributed by atoms with van der Waals surface area (Å²) in [5, 5.41) is 6.17. The van der Waals surface area contributed by atoms with Gasteiger partial charge in [-0.05, 0) is 50.4 Å². The molecule has 6 heteroatoms. The Bertz CT molecular complexity index is 540. The van der Waals surface area contributed by atoms with Crippen molar-refractivity contribution in [1.82, 2.24) is 5.32 Å². The minimum Gasteiger partial charge on any atom is -0.366 e. The highest BCUT2D eigenvalue weighted by molar-refractivity contribution is 6.00. The highest BCUT2D eigenvalue weighted by Gasteiger charge is 2.39. The molecule has 2 rings (SSSR count). The molecule has 0 aromatic heterocycles. The van der Waals surface area contributed by atoms with Crippen LogP contribution in [-0.2, 0) is 4.79 Å². The Balaban J connectivity index is 0.00000220. The summed E-state index contributed by atoms with van der Waals surface area (Å²) in [6, 6.07) is 5.21. The van der Waals surface area contributed by atoms with Crippen LogP contribution in [0.5, 0.6) is 0 Å². The van der Waals surface area contributed by atoms with Gasteiger partial charge in [-0.3, -0.25) is 9.59 Å². The molecule has 21 heavy (non-hydrogen) atoms. The van der Waals surface area contributed by atoms with Gasteiger partial charge in [0.05, 0.1) is 5.54 Å². The lowest BCUT2D eigenvalue weighted by Gasteiger charge is -2.26. The molecule has 1 heterocycles. The minimum absolute atomic E-state index is 0. The largest absolute Gasteiger partial charge is 0.366 e. The van der Waals surface area contributed by atoms with Crippen molar-refractivity contribution < 1.29 is 9.59 Å². The zero-order valence-electron chi connectivity index (χ0n) is 12.4. The van der Waals surface area contributed by atoms with Crippen LogP contribution in [0.25, 0.3) is 0 Å². The number of amides is 2. The molecule has 1 fully saturated rings. The third-order valence-corrected chi connectivity index (χ3v) is 4.04. The summed E-state index contributed by atoms with van der Waals surface area (Å²) in [5.74, 6) is -0.528. The molecule has 0 saturated carbocycles. The second-order valence-electron chi connectivity index (χ2n) is 5.31. The number of hydrogen-bond donors (Lipinski definition) is 3. The van der Waals surface area contributed by atoms with Crippen molar-refractivity contribution in [3.8, 4) is 0 Å². The number of carbonyl (C=O) groups excluding carboxylic acids is 2. The maximum Gasteiger partial charge on any atom is 0.249 e. The lowest BCUT2D eigenvalue weighted by Crippen LogP contribution is -2.50. The molecule has 1 aromatic rings. The van der Waals surface area contributed by atoms with Gasteiger partial charge < -0.3 is 16.4 Å². The molecule has 1 aliphatic heterocycles. The number of carbonyl (C=O) groups is 2. The van der Waals surface area contributed by atoms with E-state index >= 15 is 0 Å². The van der Waals surface area contributed by atoms with Crippen LogP contribution >= 0.6 is 12.4 Å². The first kappa shape index (κ1) is 17.5. The predicted molar refractivity (Wildman–Crippen MR) is 85.8 cm³/mol. The first-order valence-corrected chi connectivity index (χ1v) is 6.95. The summed E-state index contributed by atoms with van der Waals surface area (Å²) in [4.78, 5) is 23.8. The summed E-state index contributed by atoms with van der Waals surface area (Å²) in [5.41, 5.74) is 6.69. The molecular weight excluding hydrogens is 290 g/mol. The van der Waals surface area contributed by atoms with Gasteiger partial charge in [0.1, 0.15) is 0 Å². The molecule has 4 N–H and O–H groups in total. The van der Waals surface area contributed by atoms with E-state index in [2.05, 4.69) is 10.6 Å². The van der Waals surface area contributed by atoms with E-state index in [9.17, 15) is 9.59 Å². The van der Waals surface area contributed by atoms with Gasteiger partial charge in [0, 0.05) is 11.3 Å². The Morgan fingerprint density at radius 2 is 2.14 bits per heavy atom. The van der Waals surface area contributed by atoms with Crippen LogP contribution in [0.1, 0.15) is 42.1 Å². The molecule has 1 atom stereocenters. The molecule has 2 amide bonds. The number of benzene rings is 1. The quantitative estimate of drug-likeness (QED) is 0.795. The van der Waals surface area contributed by atoms with Crippen LogP contribution in [-0.4, -0.2) is 23.9 Å². The number of nitrogens with one attached hydrogen (secondary N) is 2. The van der Waals surface area contributed by atoms with E-state index in [-0.39, 0.29) is 18.3 Å². The van der Waals surface area contributed by atoms with Crippen LogP contribution in [0, 0.1) is 6.92 Å². The van der Waals surface area contributed by atoms with Gasteiger partial charge in [0.2, 0.25) is 11.8 Å². The number of hydrogen-bond acceptors (Lipinski definition) is 3. The maximum atomic E-state index is 12.4. The third kappa shape index (κ3) is 3.54. The predicted octanol–water partition coefficient (Wildman–Crippen LogP) is 1.99. The monoisotopic (exact) mass is 311 g/mol. The number of aryl methyl sites for hydroxylation is 1. The van der Waals surface area contributed by atoms with Gasteiger partial charge in [-0.15, -0.1) is 12.4 Å². The summed E-state index contributed by atoms with van der Waals surface area (Å²) in [6.07, 6.45) is 2.58. The molecule has 1 aliphatic rings. The normalized spacial score (nSPS) is 20.7. The minimum atomic E-state index is -0.488. The van der Waals surface area contributed by atoms with E-state index in [1.54, 1.807) is 18.2 Å². The van der Waals surface area contributed by atoms with Crippen molar-refractivity contribution in [2.45, 2.75) is 38.6 Å². The topological polar surface area (TPSA) is 84.2 Å². The number of nitrogens with two attached hydrogens (primary N) is 1. The Labute approximate surface area is 131 Å². The maximum absolute atomic E-state index is 12.4. The molecule has 0 spiro atoms. The number of halogens is 1. The van der Waals surface area contributed by atoms with Crippen molar-refractivity contribution in [2.24, 2.45) is 5.73 Å². The second-order valence-corrected chi connectivity index (χ2v) is 5.31. The van der Waals surface area contributed by atoms with E-state index in [0.717, 1.165) is 31.4 Å². The molecular formula is C15H22ClN3O2. The van der Waals surface area contributed by atoms with Crippen molar-refractivity contribution in [3.63, 3.8) is 0 Å². The molecule has 1 saturated heterocycles. The van der Waals surface area contributed by atoms with Crippen LogP contribution in [0.2, 0.25) is 0 Å². The van der Waals surface area contributed by atoms with Crippen LogP contribution in [0.3, 0.4) is 0 Å². The number of primary amides is 1. The average Bonchev–Trinajstić information content (AvgIpc) is 2.90. The van der Waals surface area contributed by atoms with E-state index < -0.39 is 11.4 Å². The number of rotatable bonds is 4. The van der Waals surface area contributed by atoms with E-state index in [1.807, 2.05) is 13.8 Å². The first-order chi connectivity index (χ1) is 9.48. The van der Waals surface area contributed by atoms with Gasteiger partial charge in [-0.25, -0.2) is 0 Å². The molecule has 116 valence electrons. The first-order valence-electron chi connectivity index (χ1n) is 6.95. The van der Waals surface area contributed by atoms with Crippen LogP contribution in [0.15, 0.2) is 18.2 Å². The molecule has 1 unspecified atom stereocenters. The van der Waals surface area contributed by atoms with Gasteiger partial charge in [-0.1, -0.05) is 13.0 Å². The van der Waals surface area contributed by atoms with E-state index in [1.165, 1.54) is 0 Å².